The topological polar surface area (TPSA) is 82.5 Å². The number of hydrogen-bond donors (Lipinski definition) is 2. The lowest BCUT2D eigenvalue weighted by Gasteiger charge is -2.34. The molecule has 3 aromatic rings. The number of Topliss-reactive ketones (excluding diaryl/α,β-unsaturated/α-hetero) is 1. The van der Waals surface area contributed by atoms with Crippen LogP contribution in [-0.2, 0) is 25.3 Å². The van der Waals surface area contributed by atoms with E-state index in [4.69, 9.17) is 0 Å². The average Bonchev–Trinajstić information content (AvgIpc) is 2.93. The molecule has 1 aromatic heterocycles. The van der Waals surface area contributed by atoms with Gasteiger partial charge < -0.3 is 15.3 Å². The Morgan fingerprint density at radius 3 is 2.28 bits per heavy atom. The molecular weight excluding hydrogens is 576 g/mol. The Morgan fingerprint density at radius 1 is 0.977 bits per heavy atom. The first-order valence-electron chi connectivity index (χ1n) is 13.5. The largest absolute Gasteiger partial charge is 0.433 e. The van der Waals surface area contributed by atoms with Gasteiger partial charge in [-0.15, -0.1) is 0 Å². The Balaban J connectivity index is 1.72. The predicted octanol–water partition coefficient (Wildman–Crippen LogP) is 7.00. The lowest BCUT2D eigenvalue weighted by atomic mass is 9.84. The molecule has 1 aliphatic rings. The number of nitrogens with one attached hydrogen (secondary N) is 1. The van der Waals surface area contributed by atoms with Crippen LogP contribution in [0.15, 0.2) is 54.7 Å². The van der Waals surface area contributed by atoms with Gasteiger partial charge in [-0.2, -0.15) is 26.3 Å². The number of hydrogen-bond acceptors (Lipinski definition) is 4. The van der Waals surface area contributed by atoms with Crippen LogP contribution < -0.4 is 5.32 Å². The summed E-state index contributed by atoms with van der Waals surface area (Å²) in [6.45, 7) is 5.17. The molecule has 6 nitrogen and oxygen atoms in total. The van der Waals surface area contributed by atoms with Crippen molar-refractivity contribution in [2.45, 2.75) is 64.0 Å². The molecule has 4 rings (SSSR count). The van der Waals surface area contributed by atoms with Crippen LogP contribution in [-0.4, -0.2) is 45.5 Å². The zero-order valence-electron chi connectivity index (χ0n) is 23.7. The summed E-state index contributed by atoms with van der Waals surface area (Å²) < 4.78 is 79.3. The molecule has 0 saturated carbocycles. The van der Waals surface area contributed by atoms with E-state index in [-0.39, 0.29) is 43.1 Å². The van der Waals surface area contributed by atoms with Crippen LogP contribution in [0.3, 0.4) is 0 Å². The third kappa shape index (κ3) is 7.54. The van der Waals surface area contributed by atoms with Gasteiger partial charge in [-0.1, -0.05) is 30.3 Å². The van der Waals surface area contributed by atoms with Gasteiger partial charge in [-0.3, -0.25) is 9.78 Å². The minimum atomic E-state index is -4.64. The maximum atomic E-state index is 13.6. The Labute approximate surface area is 244 Å². The van der Waals surface area contributed by atoms with Gasteiger partial charge in [0.05, 0.1) is 12.2 Å². The molecule has 0 fully saturated rings. The molecule has 2 amide bonds. The van der Waals surface area contributed by atoms with Crippen LogP contribution in [0.2, 0.25) is 0 Å². The van der Waals surface area contributed by atoms with E-state index < -0.39 is 47.5 Å². The number of halogens is 6. The molecule has 2 aromatic carbocycles. The van der Waals surface area contributed by atoms with E-state index in [9.17, 15) is 41.0 Å². The predicted molar refractivity (Wildman–Crippen MR) is 147 cm³/mol. The van der Waals surface area contributed by atoms with Gasteiger partial charge in [-0.25, -0.2) is 4.79 Å². The minimum absolute atomic E-state index is 0.0107. The number of amides is 2. The van der Waals surface area contributed by atoms with Crippen LogP contribution in [0, 0.1) is 0 Å². The number of rotatable bonds is 6. The van der Waals surface area contributed by atoms with Gasteiger partial charge in [0, 0.05) is 42.7 Å². The molecule has 1 aliphatic heterocycles. The second-order valence-electron chi connectivity index (χ2n) is 11.5. The van der Waals surface area contributed by atoms with Gasteiger partial charge in [0.25, 0.3) is 0 Å². The first-order chi connectivity index (χ1) is 20.0. The monoisotopic (exact) mass is 607 g/mol. The Kier molecular flexibility index (Phi) is 8.92. The van der Waals surface area contributed by atoms with Crippen molar-refractivity contribution in [1.29, 1.82) is 0 Å². The second kappa shape index (κ2) is 12.0. The number of carbonyl (C=O) groups is 2. The first kappa shape index (κ1) is 32.0. The van der Waals surface area contributed by atoms with Gasteiger partial charge >= 0.3 is 18.4 Å². The number of aliphatic hydroxyl groups excluding tert-OH is 1. The Morgan fingerprint density at radius 2 is 1.70 bits per heavy atom. The molecule has 0 unspecified atom stereocenters. The zero-order chi connectivity index (χ0) is 31.7. The highest BCUT2D eigenvalue weighted by Gasteiger charge is 2.34. The molecule has 0 saturated heterocycles. The zero-order valence-corrected chi connectivity index (χ0v) is 23.7. The van der Waals surface area contributed by atoms with E-state index in [1.807, 2.05) is 20.8 Å². The smallest absolute Gasteiger partial charge is 0.396 e. The summed E-state index contributed by atoms with van der Waals surface area (Å²) in [4.78, 5) is 31.6. The molecule has 2 N–H and O–H groups in total. The summed E-state index contributed by atoms with van der Waals surface area (Å²) in [5.41, 5.74) is -0.106. The van der Waals surface area contributed by atoms with Crippen molar-refractivity contribution in [3.05, 3.63) is 88.2 Å². The number of fused-ring (bicyclic) bond motifs is 1. The molecule has 2 heterocycles. The van der Waals surface area contributed by atoms with E-state index in [1.165, 1.54) is 17.0 Å². The highest BCUT2D eigenvalue weighted by molar-refractivity contribution is 5.99. The van der Waals surface area contributed by atoms with Crippen molar-refractivity contribution in [2.75, 3.05) is 13.2 Å². The molecule has 1 atom stereocenters. The average molecular weight is 608 g/mol. The maximum Gasteiger partial charge on any atom is 0.433 e. The fourth-order valence-corrected chi connectivity index (χ4v) is 5.08. The van der Waals surface area contributed by atoms with Crippen LogP contribution in [0.4, 0.5) is 31.1 Å². The van der Waals surface area contributed by atoms with E-state index in [0.717, 1.165) is 30.5 Å². The number of ketones is 1. The summed E-state index contributed by atoms with van der Waals surface area (Å²) in [5.74, 6) is -1.30. The van der Waals surface area contributed by atoms with Crippen molar-refractivity contribution in [3.63, 3.8) is 0 Å². The lowest BCUT2D eigenvalue weighted by Crippen LogP contribution is -2.50. The van der Waals surface area contributed by atoms with Gasteiger partial charge in [0.2, 0.25) is 0 Å². The van der Waals surface area contributed by atoms with E-state index >= 15 is 0 Å². The number of benzene rings is 2. The number of aromatic nitrogens is 1. The molecule has 0 spiro atoms. The summed E-state index contributed by atoms with van der Waals surface area (Å²) in [7, 11) is 0. The van der Waals surface area contributed by atoms with Crippen LogP contribution in [0.5, 0.6) is 0 Å². The van der Waals surface area contributed by atoms with Gasteiger partial charge in [0.15, 0.2) is 5.78 Å². The van der Waals surface area contributed by atoms with Crippen LogP contribution >= 0.6 is 0 Å². The summed E-state index contributed by atoms with van der Waals surface area (Å²) in [5, 5.41) is 12.9. The van der Waals surface area contributed by atoms with E-state index in [0.29, 0.717) is 22.3 Å². The molecule has 230 valence electrons. The number of carbonyl (C=O) groups excluding carboxylic acids is 2. The second-order valence-corrected chi connectivity index (χ2v) is 11.5. The fourth-order valence-electron chi connectivity index (χ4n) is 5.08. The summed E-state index contributed by atoms with van der Waals surface area (Å²) in [6, 6.07) is 9.48. The van der Waals surface area contributed by atoms with Crippen molar-refractivity contribution < 1.29 is 41.0 Å². The quantitative estimate of drug-likeness (QED) is 0.234. The van der Waals surface area contributed by atoms with Crippen molar-refractivity contribution in [1.82, 2.24) is 15.2 Å². The number of nitrogens with zero attached hydrogens (tertiary/aromatic N) is 2. The third-order valence-electron chi connectivity index (χ3n) is 7.18. The van der Waals surface area contributed by atoms with Crippen molar-refractivity contribution in [3.8, 4) is 11.1 Å². The van der Waals surface area contributed by atoms with Crippen LogP contribution in [0.1, 0.15) is 71.4 Å². The third-order valence-corrected chi connectivity index (χ3v) is 7.18. The Bertz CT molecular complexity index is 1490. The van der Waals surface area contributed by atoms with Crippen molar-refractivity contribution in [2.24, 2.45) is 0 Å². The standard InChI is InChI=1S/C31H31F6N3O3/c1-29(2,3)39-28(43)40-12-11-23-22(18-5-4-6-21(13-18)30(32,33)34)8-9-24(25(23)16-40)26(42)14-20(17-41)19-7-10-27(38-15-19)31(35,36)37/h4-10,13,15,20,41H,11-12,14,16-17H2,1-3H3,(H,39,43)/t20-/m0/s1. The molecule has 0 bridgehead atoms. The number of aliphatic hydroxyl groups is 1. The normalized spacial score (nSPS) is 14.7. The number of urea groups is 1. The van der Waals surface area contributed by atoms with Gasteiger partial charge in [-0.05, 0) is 73.2 Å². The van der Waals surface area contributed by atoms with E-state index in [2.05, 4.69) is 10.3 Å². The number of alkyl halides is 6. The summed E-state index contributed by atoms with van der Waals surface area (Å²) >= 11 is 0. The lowest BCUT2D eigenvalue weighted by molar-refractivity contribution is -0.141. The minimum Gasteiger partial charge on any atom is -0.396 e. The van der Waals surface area contributed by atoms with Gasteiger partial charge in [0.1, 0.15) is 5.69 Å². The number of pyridine rings is 1. The highest BCUT2D eigenvalue weighted by atomic mass is 19.4. The maximum absolute atomic E-state index is 13.6. The molecule has 43 heavy (non-hydrogen) atoms. The Hall–Kier alpha value is -3.93. The molecule has 0 aliphatic carbocycles. The summed E-state index contributed by atoms with van der Waals surface area (Å²) in [6.07, 6.45) is -8.23. The van der Waals surface area contributed by atoms with Crippen molar-refractivity contribution >= 4 is 11.8 Å². The first-order valence-corrected chi connectivity index (χ1v) is 13.5. The van der Waals surface area contributed by atoms with Crippen LogP contribution in [0.25, 0.3) is 11.1 Å². The molecular formula is C31H31F6N3O3. The van der Waals surface area contributed by atoms with E-state index in [1.54, 1.807) is 12.1 Å². The fraction of sp³-hybridized carbons (Fsp3) is 0.387. The highest BCUT2D eigenvalue weighted by Crippen LogP contribution is 2.37. The molecule has 12 heteroatoms. The molecule has 0 radical (unpaired) electrons. The SMILES string of the molecule is CC(C)(C)NC(=O)N1CCc2c(-c3cccc(C(F)(F)F)c3)ccc(C(=O)C[C@@H](CO)c3ccc(C(F)(F)F)nc3)c2C1.